The van der Waals surface area contributed by atoms with Crippen LogP contribution in [0.25, 0.3) is 0 Å². The zero-order chi connectivity index (χ0) is 13.1. The lowest BCUT2D eigenvalue weighted by Gasteiger charge is -2.10. The number of carbonyl (C=O) groups excluding carboxylic acids is 1. The van der Waals surface area contributed by atoms with Gasteiger partial charge in [0.25, 0.3) is 0 Å². The van der Waals surface area contributed by atoms with Gasteiger partial charge in [0.15, 0.2) is 5.78 Å². The molecule has 1 rings (SSSR count). The predicted molar refractivity (Wildman–Crippen MR) is 59.7 cm³/mol. The van der Waals surface area contributed by atoms with Crippen LogP contribution in [0.2, 0.25) is 0 Å². The van der Waals surface area contributed by atoms with E-state index in [0.717, 1.165) is 17.7 Å². The summed E-state index contributed by atoms with van der Waals surface area (Å²) in [5.74, 6) is -0.162. The topological polar surface area (TPSA) is 17.1 Å². The summed E-state index contributed by atoms with van der Waals surface area (Å²) in [7, 11) is 0. The number of halogens is 3. The minimum atomic E-state index is -4.31. The number of benzene rings is 1. The van der Waals surface area contributed by atoms with Crippen molar-refractivity contribution in [3.05, 3.63) is 47.5 Å². The molecule has 0 heterocycles. The number of rotatable bonds is 3. The van der Waals surface area contributed by atoms with E-state index in [-0.39, 0.29) is 11.7 Å². The second-order valence-corrected chi connectivity index (χ2v) is 3.88. The van der Waals surface area contributed by atoms with E-state index in [4.69, 9.17) is 0 Å². The minimum Gasteiger partial charge on any atom is -0.295 e. The monoisotopic (exact) mass is 242 g/mol. The Morgan fingerprint density at radius 2 is 1.76 bits per heavy atom. The van der Waals surface area contributed by atoms with Gasteiger partial charge in [-0.15, -0.1) is 0 Å². The highest BCUT2D eigenvalue weighted by atomic mass is 19.4. The van der Waals surface area contributed by atoms with Crippen molar-refractivity contribution in [2.45, 2.75) is 25.9 Å². The highest BCUT2D eigenvalue weighted by Gasteiger charge is 2.29. The first kappa shape index (κ1) is 13.5. The zero-order valence-corrected chi connectivity index (χ0v) is 9.58. The van der Waals surface area contributed by atoms with Crippen LogP contribution in [-0.4, -0.2) is 5.78 Å². The first-order valence-electron chi connectivity index (χ1n) is 5.16. The molecule has 1 aromatic rings. The van der Waals surface area contributed by atoms with Gasteiger partial charge in [0, 0.05) is 0 Å². The number of alkyl halides is 3. The number of allylic oxidation sites excluding steroid dienone is 2. The van der Waals surface area contributed by atoms with Crippen molar-refractivity contribution in [3.63, 3.8) is 0 Å². The maximum atomic E-state index is 12.3. The van der Waals surface area contributed by atoms with Gasteiger partial charge in [0.1, 0.15) is 0 Å². The third-order valence-corrected chi connectivity index (χ3v) is 2.38. The molecule has 1 atom stereocenters. The molecule has 0 saturated heterocycles. The Morgan fingerprint density at radius 1 is 1.24 bits per heavy atom. The molecule has 0 aliphatic heterocycles. The molecule has 17 heavy (non-hydrogen) atoms. The summed E-state index contributed by atoms with van der Waals surface area (Å²) >= 11 is 0. The van der Waals surface area contributed by atoms with E-state index >= 15 is 0 Å². The van der Waals surface area contributed by atoms with Crippen LogP contribution in [0.3, 0.4) is 0 Å². The molecule has 0 aliphatic carbocycles. The molecule has 1 nitrogen and oxygen atoms in total. The van der Waals surface area contributed by atoms with Gasteiger partial charge in [-0.3, -0.25) is 4.79 Å². The summed E-state index contributed by atoms with van der Waals surface area (Å²) in [6.45, 7) is 3.25. The average Bonchev–Trinajstić information content (AvgIpc) is 2.25. The van der Waals surface area contributed by atoms with Crippen LogP contribution in [0, 0.1) is 0 Å². The molecule has 0 radical (unpaired) electrons. The van der Waals surface area contributed by atoms with E-state index in [1.165, 1.54) is 25.1 Å². The number of hydrogen-bond acceptors (Lipinski definition) is 1. The van der Waals surface area contributed by atoms with Crippen molar-refractivity contribution in [3.8, 4) is 0 Å². The minimum absolute atomic E-state index is 0.0799. The molecule has 0 N–H and O–H groups in total. The smallest absolute Gasteiger partial charge is 0.295 e. The molecular formula is C13H13F3O. The van der Waals surface area contributed by atoms with Crippen molar-refractivity contribution in [1.82, 2.24) is 0 Å². The van der Waals surface area contributed by atoms with Gasteiger partial charge in [-0.1, -0.05) is 25.1 Å². The summed E-state index contributed by atoms with van der Waals surface area (Å²) in [5, 5.41) is 0. The van der Waals surface area contributed by atoms with E-state index in [1.807, 2.05) is 6.92 Å². The van der Waals surface area contributed by atoms with Crippen molar-refractivity contribution in [1.29, 1.82) is 0 Å². The lowest BCUT2D eigenvalue weighted by Crippen LogP contribution is -2.04. The second kappa shape index (κ2) is 5.17. The Labute approximate surface area is 98.0 Å². The fraction of sp³-hybridized carbons (Fsp3) is 0.308. The van der Waals surface area contributed by atoms with Crippen molar-refractivity contribution >= 4 is 5.78 Å². The lowest BCUT2D eigenvalue weighted by atomic mass is 9.99. The number of ketones is 1. The molecule has 0 amide bonds. The first-order chi connectivity index (χ1) is 7.80. The van der Waals surface area contributed by atoms with Crippen LogP contribution < -0.4 is 0 Å². The first-order valence-corrected chi connectivity index (χ1v) is 5.16. The van der Waals surface area contributed by atoms with E-state index in [1.54, 1.807) is 6.08 Å². The summed E-state index contributed by atoms with van der Waals surface area (Å²) in [6.07, 6.45) is -1.22. The summed E-state index contributed by atoms with van der Waals surface area (Å²) in [6, 6.07) is 4.96. The average molecular weight is 242 g/mol. The normalized spacial score (nSPS) is 13.9. The van der Waals surface area contributed by atoms with Gasteiger partial charge in [-0.05, 0) is 36.6 Å². The fourth-order valence-electron chi connectivity index (χ4n) is 1.37. The van der Waals surface area contributed by atoms with Crippen LogP contribution in [-0.2, 0) is 11.0 Å². The summed E-state index contributed by atoms with van der Waals surface area (Å²) < 4.78 is 36.9. The molecule has 92 valence electrons. The Bertz CT molecular complexity index is 415. The summed E-state index contributed by atoms with van der Waals surface area (Å²) in [5.41, 5.74) is 0.0829. The molecule has 1 aromatic carbocycles. The molecule has 1 unspecified atom stereocenters. The van der Waals surface area contributed by atoms with Crippen molar-refractivity contribution in [2.24, 2.45) is 0 Å². The molecule has 0 spiro atoms. The SMILES string of the molecule is CC(=O)/C=C/C(C)c1ccc(C(F)(F)F)cc1. The molecule has 0 fully saturated rings. The van der Waals surface area contributed by atoms with E-state index < -0.39 is 11.7 Å². The van der Waals surface area contributed by atoms with Crippen molar-refractivity contribution in [2.75, 3.05) is 0 Å². The Balaban J connectivity index is 2.84. The molecular weight excluding hydrogens is 229 g/mol. The quantitative estimate of drug-likeness (QED) is 0.733. The van der Waals surface area contributed by atoms with Gasteiger partial charge in [0.05, 0.1) is 5.56 Å². The third-order valence-electron chi connectivity index (χ3n) is 2.38. The van der Waals surface area contributed by atoms with E-state index in [9.17, 15) is 18.0 Å². The lowest BCUT2D eigenvalue weighted by molar-refractivity contribution is -0.137. The van der Waals surface area contributed by atoms with Crippen LogP contribution in [0.5, 0.6) is 0 Å². The number of carbonyl (C=O) groups is 1. The van der Waals surface area contributed by atoms with Crippen LogP contribution in [0.4, 0.5) is 13.2 Å². The Hall–Kier alpha value is -1.58. The van der Waals surface area contributed by atoms with E-state index in [2.05, 4.69) is 0 Å². The standard InChI is InChI=1S/C13H13F3O/c1-9(3-4-10(2)17)11-5-7-12(8-6-11)13(14,15)16/h3-9H,1-2H3/b4-3+. The maximum Gasteiger partial charge on any atom is 0.416 e. The van der Waals surface area contributed by atoms with Gasteiger partial charge in [-0.25, -0.2) is 0 Å². The molecule has 0 aliphatic rings. The Kier molecular flexibility index (Phi) is 4.10. The molecule has 4 heteroatoms. The van der Waals surface area contributed by atoms with Gasteiger partial charge < -0.3 is 0 Å². The van der Waals surface area contributed by atoms with Gasteiger partial charge >= 0.3 is 6.18 Å². The van der Waals surface area contributed by atoms with Crippen LogP contribution in [0.1, 0.15) is 30.9 Å². The largest absolute Gasteiger partial charge is 0.416 e. The summed E-state index contributed by atoms with van der Waals surface area (Å²) in [4.78, 5) is 10.7. The van der Waals surface area contributed by atoms with Crippen molar-refractivity contribution < 1.29 is 18.0 Å². The Morgan fingerprint density at radius 3 is 2.18 bits per heavy atom. The van der Waals surface area contributed by atoms with Crippen LogP contribution >= 0.6 is 0 Å². The highest BCUT2D eigenvalue weighted by Crippen LogP contribution is 2.30. The van der Waals surface area contributed by atoms with Gasteiger partial charge in [-0.2, -0.15) is 13.2 Å². The van der Waals surface area contributed by atoms with E-state index in [0.29, 0.717) is 0 Å². The number of hydrogen-bond donors (Lipinski definition) is 0. The third kappa shape index (κ3) is 4.06. The fourth-order valence-corrected chi connectivity index (χ4v) is 1.37. The second-order valence-electron chi connectivity index (χ2n) is 3.88. The molecule has 0 aromatic heterocycles. The molecule has 0 saturated carbocycles. The maximum absolute atomic E-state index is 12.3. The van der Waals surface area contributed by atoms with Gasteiger partial charge in [0.2, 0.25) is 0 Å². The molecule has 0 bridgehead atoms. The highest BCUT2D eigenvalue weighted by molar-refractivity contribution is 5.87. The predicted octanol–water partition coefficient (Wildman–Crippen LogP) is 3.95. The zero-order valence-electron chi connectivity index (χ0n) is 9.58. The van der Waals surface area contributed by atoms with Crippen LogP contribution in [0.15, 0.2) is 36.4 Å².